The van der Waals surface area contributed by atoms with E-state index in [1.54, 1.807) is 10.9 Å². The highest BCUT2D eigenvalue weighted by Gasteiger charge is 2.27. The lowest BCUT2D eigenvalue weighted by Gasteiger charge is -2.32. The second-order valence-corrected chi connectivity index (χ2v) is 7.89. The van der Waals surface area contributed by atoms with E-state index in [1.807, 2.05) is 36.1 Å². The lowest BCUT2D eigenvalue weighted by atomic mass is 10.0. The van der Waals surface area contributed by atoms with Crippen molar-refractivity contribution in [1.82, 2.24) is 20.0 Å². The molecule has 2 aliphatic rings. The molecule has 1 aromatic heterocycles. The molecule has 1 aliphatic carbocycles. The van der Waals surface area contributed by atoms with Crippen LogP contribution in [0.15, 0.2) is 30.5 Å². The minimum Gasteiger partial charge on any atom is -0.338 e. The lowest BCUT2D eigenvalue weighted by molar-refractivity contribution is 0.0704. The quantitative estimate of drug-likeness (QED) is 0.874. The molecule has 2 fully saturated rings. The number of carbonyl (C=O) groups is 1. The molecule has 138 valence electrons. The number of benzene rings is 1. The molecule has 0 unspecified atom stereocenters. The van der Waals surface area contributed by atoms with Crippen LogP contribution in [0, 0.1) is 12.8 Å². The van der Waals surface area contributed by atoms with Crippen molar-refractivity contribution in [3.63, 3.8) is 0 Å². The van der Waals surface area contributed by atoms with Crippen molar-refractivity contribution in [3.05, 3.63) is 46.7 Å². The Labute approximate surface area is 159 Å². The fourth-order valence-corrected chi connectivity index (χ4v) is 3.78. The van der Waals surface area contributed by atoms with Gasteiger partial charge in [0.15, 0.2) is 0 Å². The summed E-state index contributed by atoms with van der Waals surface area (Å²) in [5.74, 6) is 0.978. The second kappa shape index (κ2) is 7.41. The molecule has 1 amide bonds. The maximum Gasteiger partial charge on any atom is 0.257 e. The first kappa shape index (κ1) is 17.6. The van der Waals surface area contributed by atoms with Crippen LogP contribution in [0.4, 0.5) is 0 Å². The van der Waals surface area contributed by atoms with Gasteiger partial charge in [0.1, 0.15) is 0 Å². The summed E-state index contributed by atoms with van der Waals surface area (Å²) in [5, 5.41) is 8.73. The zero-order chi connectivity index (χ0) is 18.1. The normalized spacial score (nSPS) is 18.3. The van der Waals surface area contributed by atoms with Gasteiger partial charge in [-0.15, -0.1) is 0 Å². The molecule has 0 bridgehead atoms. The molecule has 1 saturated carbocycles. The highest BCUT2D eigenvalue weighted by molar-refractivity contribution is 6.30. The van der Waals surface area contributed by atoms with Crippen molar-refractivity contribution in [3.8, 4) is 5.69 Å². The predicted molar refractivity (Wildman–Crippen MR) is 103 cm³/mol. The first-order valence-corrected chi connectivity index (χ1v) is 9.83. The number of hydrogen-bond donors (Lipinski definition) is 1. The lowest BCUT2D eigenvalue weighted by Crippen LogP contribution is -2.45. The molecule has 1 N–H and O–H groups in total. The van der Waals surface area contributed by atoms with Crippen LogP contribution < -0.4 is 5.32 Å². The van der Waals surface area contributed by atoms with Crippen LogP contribution in [0.1, 0.15) is 41.7 Å². The first-order chi connectivity index (χ1) is 12.6. The number of aromatic nitrogens is 2. The zero-order valence-electron chi connectivity index (χ0n) is 15.1. The molecule has 0 spiro atoms. The van der Waals surface area contributed by atoms with E-state index in [1.165, 1.54) is 12.8 Å². The standard InChI is InChI=1S/C20H25ClN4O/c1-14-19(13-23-25(14)18-4-2-3-16(21)11-18)20(26)24-9-7-17(8-10-24)22-12-15-5-6-15/h2-4,11,13,15,17,22H,5-10,12H2,1H3. The van der Waals surface area contributed by atoms with Crippen molar-refractivity contribution >= 4 is 17.5 Å². The van der Waals surface area contributed by atoms with Gasteiger partial charge in [-0.05, 0) is 63.3 Å². The van der Waals surface area contributed by atoms with E-state index in [9.17, 15) is 4.79 Å². The van der Waals surface area contributed by atoms with Gasteiger partial charge in [0, 0.05) is 24.2 Å². The Bertz CT molecular complexity index is 791. The maximum absolute atomic E-state index is 12.9. The Morgan fingerprint density at radius 1 is 1.27 bits per heavy atom. The minimum atomic E-state index is 0.0800. The summed E-state index contributed by atoms with van der Waals surface area (Å²) in [4.78, 5) is 14.9. The molecule has 2 heterocycles. The van der Waals surface area contributed by atoms with Gasteiger partial charge in [-0.25, -0.2) is 4.68 Å². The van der Waals surface area contributed by atoms with Crippen molar-refractivity contribution in [2.75, 3.05) is 19.6 Å². The topological polar surface area (TPSA) is 50.2 Å². The number of carbonyl (C=O) groups excluding carboxylic acids is 1. The Morgan fingerprint density at radius 2 is 2.04 bits per heavy atom. The smallest absolute Gasteiger partial charge is 0.257 e. The van der Waals surface area contributed by atoms with Gasteiger partial charge in [0.2, 0.25) is 0 Å². The molecular weight excluding hydrogens is 348 g/mol. The van der Waals surface area contributed by atoms with Crippen LogP contribution in [-0.2, 0) is 0 Å². The summed E-state index contributed by atoms with van der Waals surface area (Å²) in [6.07, 6.45) is 6.48. The van der Waals surface area contributed by atoms with E-state index < -0.39 is 0 Å². The average molecular weight is 373 g/mol. The molecule has 1 saturated heterocycles. The van der Waals surface area contributed by atoms with E-state index >= 15 is 0 Å². The Morgan fingerprint density at radius 3 is 2.73 bits per heavy atom. The fourth-order valence-electron chi connectivity index (χ4n) is 3.60. The van der Waals surface area contributed by atoms with Gasteiger partial charge >= 0.3 is 0 Å². The predicted octanol–water partition coefficient (Wildman–Crippen LogP) is 3.44. The van der Waals surface area contributed by atoms with Crippen molar-refractivity contribution in [2.45, 2.75) is 38.6 Å². The monoisotopic (exact) mass is 372 g/mol. The summed E-state index contributed by atoms with van der Waals surface area (Å²) in [6, 6.07) is 8.07. The minimum absolute atomic E-state index is 0.0800. The van der Waals surface area contributed by atoms with E-state index in [0.717, 1.165) is 49.8 Å². The molecule has 1 aromatic carbocycles. The Kier molecular flexibility index (Phi) is 5.00. The highest BCUT2D eigenvalue weighted by Crippen LogP contribution is 2.28. The van der Waals surface area contributed by atoms with Crippen LogP contribution >= 0.6 is 11.6 Å². The highest BCUT2D eigenvalue weighted by atomic mass is 35.5. The largest absolute Gasteiger partial charge is 0.338 e. The number of halogens is 1. The zero-order valence-corrected chi connectivity index (χ0v) is 15.9. The Balaban J connectivity index is 1.41. The van der Waals surface area contributed by atoms with E-state index in [4.69, 9.17) is 11.6 Å². The van der Waals surface area contributed by atoms with Crippen molar-refractivity contribution in [1.29, 1.82) is 0 Å². The van der Waals surface area contributed by atoms with E-state index in [-0.39, 0.29) is 5.91 Å². The summed E-state index contributed by atoms with van der Waals surface area (Å²) >= 11 is 6.08. The third-order valence-electron chi connectivity index (χ3n) is 5.47. The number of rotatable bonds is 5. The molecule has 1 aliphatic heterocycles. The summed E-state index contributed by atoms with van der Waals surface area (Å²) in [6.45, 7) is 4.70. The number of likely N-dealkylation sites (tertiary alicyclic amines) is 1. The van der Waals surface area contributed by atoms with Crippen LogP contribution in [0.25, 0.3) is 5.69 Å². The fraction of sp³-hybridized carbons (Fsp3) is 0.500. The SMILES string of the molecule is Cc1c(C(=O)N2CCC(NCC3CC3)CC2)cnn1-c1cccc(Cl)c1. The molecule has 26 heavy (non-hydrogen) atoms. The molecule has 0 radical (unpaired) electrons. The summed E-state index contributed by atoms with van der Waals surface area (Å²) in [7, 11) is 0. The second-order valence-electron chi connectivity index (χ2n) is 7.45. The van der Waals surface area contributed by atoms with Crippen LogP contribution in [0.2, 0.25) is 5.02 Å². The number of amides is 1. The number of nitrogens with one attached hydrogen (secondary N) is 1. The molecule has 6 heteroatoms. The summed E-state index contributed by atoms with van der Waals surface area (Å²) in [5.41, 5.74) is 2.40. The number of hydrogen-bond acceptors (Lipinski definition) is 3. The van der Waals surface area contributed by atoms with Gasteiger partial charge in [-0.2, -0.15) is 5.10 Å². The number of piperidine rings is 1. The molecule has 2 aromatic rings. The summed E-state index contributed by atoms with van der Waals surface area (Å²) < 4.78 is 1.78. The molecule has 0 atom stereocenters. The van der Waals surface area contributed by atoms with E-state index in [2.05, 4.69) is 10.4 Å². The maximum atomic E-state index is 12.9. The van der Waals surface area contributed by atoms with Crippen LogP contribution in [-0.4, -0.2) is 46.3 Å². The van der Waals surface area contributed by atoms with Gasteiger partial charge in [-0.1, -0.05) is 17.7 Å². The van der Waals surface area contributed by atoms with Crippen molar-refractivity contribution in [2.24, 2.45) is 5.92 Å². The van der Waals surface area contributed by atoms with Crippen LogP contribution in [0.5, 0.6) is 0 Å². The molecule has 4 rings (SSSR count). The molecule has 5 nitrogen and oxygen atoms in total. The Hall–Kier alpha value is -1.85. The van der Waals surface area contributed by atoms with Crippen molar-refractivity contribution < 1.29 is 4.79 Å². The average Bonchev–Trinajstić information content (AvgIpc) is 3.40. The van der Waals surface area contributed by atoms with E-state index in [0.29, 0.717) is 16.6 Å². The third kappa shape index (κ3) is 3.79. The van der Waals surface area contributed by atoms with Crippen LogP contribution in [0.3, 0.4) is 0 Å². The molecular formula is C20H25ClN4O. The first-order valence-electron chi connectivity index (χ1n) is 9.45. The third-order valence-corrected chi connectivity index (χ3v) is 5.70. The van der Waals surface area contributed by atoms with Gasteiger partial charge < -0.3 is 10.2 Å². The van der Waals surface area contributed by atoms with Gasteiger partial charge in [0.05, 0.1) is 23.1 Å². The number of nitrogens with zero attached hydrogens (tertiary/aromatic N) is 3. The van der Waals surface area contributed by atoms with Gasteiger partial charge in [0.25, 0.3) is 5.91 Å². The van der Waals surface area contributed by atoms with Gasteiger partial charge in [-0.3, -0.25) is 4.79 Å².